The van der Waals surface area contributed by atoms with Crippen molar-refractivity contribution < 1.29 is 0 Å². The maximum atomic E-state index is 15.6. The van der Waals surface area contributed by atoms with Crippen LogP contribution in [0.5, 0.6) is 0 Å². The van der Waals surface area contributed by atoms with Crippen molar-refractivity contribution in [3.05, 3.63) is 238 Å². The number of hydrogen-bond donors (Lipinski definition) is 0. The van der Waals surface area contributed by atoms with E-state index in [0.29, 0.717) is 32.7 Å². The van der Waals surface area contributed by atoms with Gasteiger partial charge in [-0.05, 0) is 119 Å². The van der Waals surface area contributed by atoms with E-state index >= 15 is 9.59 Å². The van der Waals surface area contributed by atoms with E-state index in [-0.39, 0.29) is 21.7 Å². The zero-order valence-corrected chi connectivity index (χ0v) is 40.2. The third-order valence-corrected chi connectivity index (χ3v) is 14.1. The van der Waals surface area contributed by atoms with Gasteiger partial charge in [-0.2, -0.15) is 0 Å². The molecule has 6 nitrogen and oxygen atoms in total. The van der Waals surface area contributed by atoms with Crippen molar-refractivity contribution in [1.29, 1.82) is 0 Å². The largest absolute Gasteiger partial charge is 0.308 e. The van der Waals surface area contributed by atoms with Crippen LogP contribution in [0.25, 0.3) is 65.6 Å². The molecule has 3 aromatic heterocycles. The van der Waals surface area contributed by atoms with E-state index in [4.69, 9.17) is 0 Å². The second kappa shape index (κ2) is 16.1. The Morgan fingerprint density at radius 2 is 0.700 bits per heavy atom. The molecule has 0 spiro atoms. The fourth-order valence-corrected chi connectivity index (χ4v) is 10.6. The summed E-state index contributed by atoms with van der Waals surface area (Å²) >= 11 is 0. The SMILES string of the molecule is CC(C)(C)c1ccc2c(c1)c(=O)c1cc(-n3c4c(N(c5ccccc5)c5ccccc5)cccc4c4cccc(N(c5ccccc5)c5ccccc5)c43)cc3c(=O)c4cc(C(C)(C)C)ccc4n2c13. The first-order valence-corrected chi connectivity index (χ1v) is 24.1. The summed E-state index contributed by atoms with van der Waals surface area (Å²) in [5, 5.41) is 4.26. The van der Waals surface area contributed by atoms with Crippen molar-refractivity contribution in [3.63, 3.8) is 0 Å². The molecule has 12 rings (SSSR count). The fraction of sp³-hybridized carbons (Fsp3) is 0.125. The first-order chi connectivity index (χ1) is 33.9. The maximum Gasteiger partial charge on any atom is 0.197 e. The van der Waals surface area contributed by atoms with Gasteiger partial charge in [-0.1, -0.05) is 151 Å². The quantitative estimate of drug-likeness (QED) is 0.118. The van der Waals surface area contributed by atoms with Gasteiger partial charge < -0.3 is 18.8 Å². The van der Waals surface area contributed by atoms with Crippen molar-refractivity contribution in [2.24, 2.45) is 0 Å². The van der Waals surface area contributed by atoms with Gasteiger partial charge in [0.15, 0.2) is 10.9 Å². The van der Waals surface area contributed by atoms with Crippen molar-refractivity contribution in [1.82, 2.24) is 8.97 Å². The van der Waals surface area contributed by atoms with Gasteiger partial charge in [-0.25, -0.2) is 0 Å². The van der Waals surface area contributed by atoms with Crippen molar-refractivity contribution in [2.75, 3.05) is 9.80 Å². The Bertz CT molecular complexity index is 3770. The van der Waals surface area contributed by atoms with Gasteiger partial charge in [0.1, 0.15) is 0 Å². The number of benzene rings is 9. The van der Waals surface area contributed by atoms with Crippen LogP contribution in [0.15, 0.2) is 216 Å². The number of rotatable bonds is 7. The van der Waals surface area contributed by atoms with E-state index in [2.05, 4.69) is 230 Å². The summed E-state index contributed by atoms with van der Waals surface area (Å²) in [4.78, 5) is 35.8. The van der Waals surface area contributed by atoms with E-state index < -0.39 is 0 Å². The Morgan fingerprint density at radius 1 is 0.343 bits per heavy atom. The third kappa shape index (κ3) is 6.77. The number of nitrogens with zero attached hydrogens (tertiary/aromatic N) is 4. The zero-order chi connectivity index (χ0) is 48.1. The Labute approximate surface area is 406 Å². The highest BCUT2D eigenvalue weighted by molar-refractivity contribution is 6.19. The summed E-state index contributed by atoms with van der Waals surface area (Å²) in [6.45, 7) is 13.1. The highest BCUT2D eigenvalue weighted by Gasteiger charge is 2.28. The predicted molar refractivity (Wildman–Crippen MR) is 295 cm³/mol. The Kier molecular flexibility index (Phi) is 9.83. The molecule has 0 radical (unpaired) electrons. The van der Waals surface area contributed by atoms with E-state index in [1.165, 1.54) is 0 Å². The molecule has 0 aliphatic carbocycles. The smallest absolute Gasteiger partial charge is 0.197 e. The molecule has 12 aromatic rings. The molecule has 0 saturated heterocycles. The van der Waals surface area contributed by atoms with Crippen molar-refractivity contribution in [3.8, 4) is 5.69 Å². The van der Waals surface area contributed by atoms with E-state index in [1.807, 2.05) is 36.4 Å². The number of para-hydroxylation sites is 6. The molecule has 0 aliphatic heterocycles. The minimum atomic E-state index is -0.206. The van der Waals surface area contributed by atoms with Gasteiger partial charge in [0, 0.05) is 60.8 Å². The molecule has 340 valence electrons. The lowest BCUT2D eigenvalue weighted by Gasteiger charge is -2.28. The standard InChI is InChI=1S/C64H52N4O2/c1-63(2,3)41-33-35-54-50(37-41)61(69)52-39-47(40-53-58(52)68(54)55-36-34-42(64(4,5)6)38-51(55)62(53)70)67-59-48(29-19-31-56(59)65(43-21-11-7-12-22-43)44-23-13-8-14-24-44)49-30-20-32-57(60(49)67)66(45-25-15-9-16-26-45)46-27-17-10-18-28-46/h7-40H,1-6H3. The monoisotopic (exact) mass is 908 g/mol. The molecule has 0 aliphatic rings. The molecule has 3 heterocycles. The van der Waals surface area contributed by atoms with Gasteiger partial charge in [-0.15, -0.1) is 0 Å². The average molecular weight is 909 g/mol. The van der Waals surface area contributed by atoms with Gasteiger partial charge in [0.05, 0.1) is 39.0 Å². The van der Waals surface area contributed by atoms with Crippen LogP contribution in [0, 0.1) is 0 Å². The molecule has 0 bridgehead atoms. The molecule has 6 heteroatoms. The van der Waals surface area contributed by atoms with E-state index in [9.17, 15) is 0 Å². The minimum absolute atomic E-state index is 0.107. The molecule has 0 saturated carbocycles. The number of aromatic nitrogens is 2. The highest BCUT2D eigenvalue weighted by atomic mass is 16.1. The van der Waals surface area contributed by atoms with Crippen LogP contribution in [0.4, 0.5) is 34.1 Å². The fourth-order valence-electron chi connectivity index (χ4n) is 10.6. The molecular formula is C64H52N4O2. The van der Waals surface area contributed by atoms with Crippen LogP contribution < -0.4 is 20.7 Å². The minimum Gasteiger partial charge on any atom is -0.308 e. The highest BCUT2D eigenvalue weighted by Crippen LogP contribution is 2.48. The van der Waals surface area contributed by atoms with Gasteiger partial charge >= 0.3 is 0 Å². The molecule has 9 aromatic carbocycles. The molecule has 0 fully saturated rings. The molecule has 0 unspecified atom stereocenters. The lowest BCUT2D eigenvalue weighted by Crippen LogP contribution is -2.18. The van der Waals surface area contributed by atoms with Gasteiger partial charge in [0.2, 0.25) is 0 Å². The number of hydrogen-bond acceptors (Lipinski definition) is 4. The third-order valence-electron chi connectivity index (χ3n) is 14.1. The maximum absolute atomic E-state index is 15.6. The van der Waals surface area contributed by atoms with Crippen LogP contribution in [0.3, 0.4) is 0 Å². The summed E-state index contributed by atoms with van der Waals surface area (Å²) < 4.78 is 4.49. The van der Waals surface area contributed by atoms with Crippen LogP contribution >= 0.6 is 0 Å². The molecule has 0 N–H and O–H groups in total. The van der Waals surface area contributed by atoms with Crippen LogP contribution in [-0.4, -0.2) is 8.97 Å². The molecule has 0 amide bonds. The molecular weight excluding hydrogens is 857 g/mol. The van der Waals surface area contributed by atoms with E-state index in [1.54, 1.807) is 0 Å². The normalized spacial score (nSPS) is 12.3. The Morgan fingerprint density at radius 3 is 1.04 bits per heavy atom. The Balaban J connectivity index is 1.30. The van der Waals surface area contributed by atoms with Crippen LogP contribution in [0.2, 0.25) is 0 Å². The van der Waals surface area contributed by atoms with Crippen LogP contribution in [0.1, 0.15) is 52.7 Å². The summed E-state index contributed by atoms with van der Waals surface area (Å²) in [6.07, 6.45) is 0. The van der Waals surface area contributed by atoms with E-state index in [0.717, 1.165) is 78.1 Å². The first-order valence-electron chi connectivity index (χ1n) is 24.1. The summed E-state index contributed by atoms with van der Waals surface area (Å²) in [7, 11) is 0. The molecule has 70 heavy (non-hydrogen) atoms. The number of pyridine rings is 2. The lowest BCUT2D eigenvalue weighted by atomic mass is 9.85. The molecule has 0 atom stereocenters. The van der Waals surface area contributed by atoms with Crippen molar-refractivity contribution >= 4 is 94.0 Å². The summed E-state index contributed by atoms with van der Waals surface area (Å²) in [5.74, 6) is 0. The van der Waals surface area contributed by atoms with Crippen LogP contribution in [-0.2, 0) is 10.8 Å². The van der Waals surface area contributed by atoms with Crippen molar-refractivity contribution in [2.45, 2.75) is 52.4 Å². The zero-order valence-electron chi connectivity index (χ0n) is 40.2. The number of anilines is 6. The summed E-state index contributed by atoms with van der Waals surface area (Å²) in [6, 6.07) is 71.4. The number of fused-ring (bicyclic) bond motifs is 7. The Hall–Kier alpha value is -8.48. The van der Waals surface area contributed by atoms with Gasteiger partial charge in [-0.3, -0.25) is 9.59 Å². The summed E-state index contributed by atoms with van der Waals surface area (Å²) in [5.41, 5.74) is 12.1. The first kappa shape index (κ1) is 42.8. The van der Waals surface area contributed by atoms with Gasteiger partial charge in [0.25, 0.3) is 0 Å². The topological polar surface area (TPSA) is 50.0 Å². The average Bonchev–Trinajstić information content (AvgIpc) is 3.72. The second-order valence-corrected chi connectivity index (χ2v) is 20.5. The predicted octanol–water partition coefficient (Wildman–Crippen LogP) is 16.2. The second-order valence-electron chi connectivity index (χ2n) is 20.5. The lowest BCUT2D eigenvalue weighted by molar-refractivity contribution is 0.591.